The van der Waals surface area contributed by atoms with Crippen molar-refractivity contribution < 1.29 is 14.4 Å². The van der Waals surface area contributed by atoms with Crippen LogP contribution >= 0.6 is 0 Å². The van der Waals surface area contributed by atoms with Crippen LogP contribution in [0, 0.1) is 17.8 Å². The molecule has 6 rings (SSSR count). The highest BCUT2D eigenvalue weighted by Gasteiger charge is 2.51. The van der Waals surface area contributed by atoms with Gasteiger partial charge in [-0.25, -0.2) is 9.59 Å². The van der Waals surface area contributed by atoms with Gasteiger partial charge in [0.05, 0.1) is 0 Å². The Morgan fingerprint density at radius 3 is 1.94 bits per heavy atom. The molecule has 0 saturated heterocycles. The predicted molar refractivity (Wildman–Crippen MR) is 122 cm³/mol. The van der Waals surface area contributed by atoms with E-state index in [2.05, 4.69) is 26.6 Å². The monoisotopic (exact) mass is 439 g/mol. The van der Waals surface area contributed by atoms with E-state index in [0.29, 0.717) is 24.0 Å². The zero-order valence-electron chi connectivity index (χ0n) is 18.4. The number of anilines is 2. The molecule has 0 heterocycles. The Hall–Kier alpha value is -2.77. The normalized spacial score (nSPS) is 29.8. The number of benzene rings is 1. The first-order valence-corrected chi connectivity index (χ1v) is 12.0. The van der Waals surface area contributed by atoms with Crippen molar-refractivity contribution in [1.82, 2.24) is 16.0 Å². The van der Waals surface area contributed by atoms with Gasteiger partial charge in [0.15, 0.2) is 0 Å². The van der Waals surface area contributed by atoms with Crippen LogP contribution in [0.25, 0.3) is 0 Å². The van der Waals surface area contributed by atoms with E-state index in [-0.39, 0.29) is 29.9 Å². The minimum absolute atomic E-state index is 0.0214. The summed E-state index contributed by atoms with van der Waals surface area (Å²) in [4.78, 5) is 36.5. The quantitative estimate of drug-likeness (QED) is 0.448. The lowest BCUT2D eigenvalue weighted by atomic mass is 9.53. The molecule has 0 spiro atoms. The van der Waals surface area contributed by atoms with Crippen LogP contribution in [-0.4, -0.2) is 36.1 Å². The molecule has 5 aliphatic carbocycles. The molecule has 172 valence electrons. The average Bonchev–Trinajstić information content (AvgIpc) is 3.52. The summed E-state index contributed by atoms with van der Waals surface area (Å²) in [6, 6.07) is 6.94. The van der Waals surface area contributed by atoms with Crippen molar-refractivity contribution in [2.75, 3.05) is 17.2 Å². The summed E-state index contributed by atoms with van der Waals surface area (Å²) >= 11 is 0. The topological polar surface area (TPSA) is 111 Å². The Morgan fingerprint density at radius 1 is 0.812 bits per heavy atom. The van der Waals surface area contributed by atoms with Crippen LogP contribution in [0.3, 0.4) is 0 Å². The van der Waals surface area contributed by atoms with Crippen LogP contribution in [0.1, 0.15) is 57.8 Å². The number of carbonyl (C=O) groups is 3. The molecule has 1 aromatic rings. The van der Waals surface area contributed by atoms with E-state index in [1.807, 2.05) is 0 Å². The first-order chi connectivity index (χ1) is 15.4. The van der Waals surface area contributed by atoms with Crippen LogP contribution in [0.15, 0.2) is 24.3 Å². The molecule has 5 amide bonds. The highest BCUT2D eigenvalue weighted by atomic mass is 16.2. The van der Waals surface area contributed by atoms with Gasteiger partial charge in [-0.1, -0.05) is 0 Å². The molecule has 32 heavy (non-hydrogen) atoms. The van der Waals surface area contributed by atoms with Crippen LogP contribution in [0.4, 0.5) is 21.0 Å². The van der Waals surface area contributed by atoms with Crippen molar-refractivity contribution in [3.05, 3.63) is 24.3 Å². The third-order valence-electron chi connectivity index (χ3n) is 7.39. The lowest BCUT2D eigenvalue weighted by Crippen LogP contribution is -2.61. The third-order valence-corrected chi connectivity index (χ3v) is 7.39. The lowest BCUT2D eigenvalue weighted by molar-refractivity contribution is -0.116. The van der Waals surface area contributed by atoms with Gasteiger partial charge in [0.25, 0.3) is 0 Å². The minimum atomic E-state index is -0.206. The van der Waals surface area contributed by atoms with Crippen molar-refractivity contribution >= 4 is 29.3 Å². The van der Waals surface area contributed by atoms with Crippen LogP contribution in [-0.2, 0) is 4.79 Å². The number of rotatable bonds is 7. The molecule has 8 heteroatoms. The lowest BCUT2D eigenvalue weighted by Gasteiger charge is -2.56. The summed E-state index contributed by atoms with van der Waals surface area (Å²) < 4.78 is 0. The summed E-state index contributed by atoms with van der Waals surface area (Å²) in [5.41, 5.74) is 1.30. The van der Waals surface area contributed by atoms with E-state index in [4.69, 9.17) is 0 Å². The fourth-order valence-electron chi connectivity index (χ4n) is 6.28. The maximum Gasteiger partial charge on any atom is 0.319 e. The van der Waals surface area contributed by atoms with Gasteiger partial charge in [-0.15, -0.1) is 0 Å². The van der Waals surface area contributed by atoms with Crippen molar-refractivity contribution in [3.8, 4) is 0 Å². The van der Waals surface area contributed by atoms with Crippen molar-refractivity contribution in [2.24, 2.45) is 17.8 Å². The molecule has 0 aromatic heterocycles. The molecule has 4 bridgehead atoms. The number of hydrogen-bond acceptors (Lipinski definition) is 3. The van der Waals surface area contributed by atoms with E-state index in [9.17, 15) is 14.4 Å². The molecule has 8 nitrogen and oxygen atoms in total. The fourth-order valence-corrected chi connectivity index (χ4v) is 6.28. The van der Waals surface area contributed by atoms with E-state index < -0.39 is 0 Å². The largest absolute Gasteiger partial charge is 0.338 e. The van der Waals surface area contributed by atoms with Gasteiger partial charge in [-0.3, -0.25) is 4.79 Å². The van der Waals surface area contributed by atoms with Crippen LogP contribution in [0.5, 0.6) is 0 Å². The summed E-state index contributed by atoms with van der Waals surface area (Å²) in [7, 11) is 0. The van der Waals surface area contributed by atoms with Gasteiger partial charge in [0.2, 0.25) is 5.91 Å². The van der Waals surface area contributed by atoms with E-state index in [0.717, 1.165) is 49.9 Å². The zero-order valence-corrected chi connectivity index (χ0v) is 18.4. The number of hydrogen-bond donors (Lipinski definition) is 5. The predicted octanol–water partition coefficient (Wildman–Crippen LogP) is 3.57. The highest BCUT2D eigenvalue weighted by molar-refractivity contribution is 5.92. The van der Waals surface area contributed by atoms with E-state index in [1.54, 1.807) is 24.3 Å². The first kappa shape index (κ1) is 21.1. The number of nitrogens with one attached hydrogen (secondary N) is 5. The Balaban J connectivity index is 1.01. The SMILES string of the molecule is O=C(CCNC(=O)NC12CC3CC(CC(C3)C1)C2)Nc1ccc(NC(=O)NC2CC2)cc1. The molecular formula is C24H33N5O3. The van der Waals surface area contributed by atoms with Crippen LogP contribution < -0.4 is 26.6 Å². The van der Waals surface area contributed by atoms with Crippen molar-refractivity contribution in [2.45, 2.75) is 69.4 Å². The number of urea groups is 2. The van der Waals surface area contributed by atoms with Gasteiger partial charge in [0.1, 0.15) is 0 Å². The highest BCUT2D eigenvalue weighted by Crippen LogP contribution is 2.55. The molecule has 0 unspecified atom stereocenters. The van der Waals surface area contributed by atoms with E-state index >= 15 is 0 Å². The number of amides is 5. The van der Waals surface area contributed by atoms with Gasteiger partial charge in [-0.2, -0.15) is 0 Å². The maximum atomic E-state index is 12.5. The molecule has 0 atom stereocenters. The molecule has 1 aromatic carbocycles. The Bertz CT molecular complexity index is 845. The van der Waals surface area contributed by atoms with Gasteiger partial charge in [-0.05, 0) is 93.4 Å². The Kier molecular flexibility index (Phi) is 5.69. The van der Waals surface area contributed by atoms with Crippen molar-refractivity contribution in [1.29, 1.82) is 0 Å². The molecule has 0 aliphatic heterocycles. The maximum absolute atomic E-state index is 12.5. The van der Waals surface area contributed by atoms with Crippen molar-refractivity contribution in [3.63, 3.8) is 0 Å². The summed E-state index contributed by atoms with van der Waals surface area (Å²) in [5.74, 6) is 2.18. The van der Waals surface area contributed by atoms with Gasteiger partial charge >= 0.3 is 12.1 Å². The number of carbonyl (C=O) groups excluding carboxylic acids is 3. The standard InChI is InChI=1S/C24H33N5O3/c30-21(26-18-1-3-19(4-2-18)27-23(32)28-20-5-6-20)7-8-25-22(31)29-24-12-15-9-16(13-24)11-17(10-15)14-24/h1-4,15-17,20H,5-14H2,(H,26,30)(H2,25,29,31)(H2,27,28,32). The molecular weight excluding hydrogens is 406 g/mol. The molecule has 5 N–H and O–H groups in total. The second-order valence-corrected chi connectivity index (χ2v) is 10.3. The minimum Gasteiger partial charge on any atom is -0.338 e. The zero-order chi connectivity index (χ0) is 22.1. The summed E-state index contributed by atoms with van der Waals surface area (Å²) in [6.07, 6.45) is 9.64. The molecule has 5 fully saturated rings. The third kappa shape index (κ3) is 5.16. The molecule has 5 aliphatic rings. The fraction of sp³-hybridized carbons (Fsp3) is 0.625. The first-order valence-electron chi connectivity index (χ1n) is 12.0. The van der Waals surface area contributed by atoms with Gasteiger partial charge < -0.3 is 26.6 Å². The summed E-state index contributed by atoms with van der Waals surface area (Å²) in [5, 5.41) is 14.6. The van der Waals surface area contributed by atoms with E-state index in [1.165, 1.54) is 19.3 Å². The smallest absolute Gasteiger partial charge is 0.319 e. The second-order valence-electron chi connectivity index (χ2n) is 10.3. The summed E-state index contributed by atoms with van der Waals surface area (Å²) in [6.45, 7) is 0.297. The second kappa shape index (κ2) is 8.64. The molecule has 5 saturated carbocycles. The Labute approximate surface area is 188 Å². The van der Waals surface area contributed by atoms with Gasteiger partial charge in [0, 0.05) is 35.9 Å². The van der Waals surface area contributed by atoms with Crippen LogP contribution in [0.2, 0.25) is 0 Å². The Morgan fingerprint density at radius 2 is 1.38 bits per heavy atom. The molecule has 0 radical (unpaired) electrons. The average molecular weight is 440 g/mol.